The Hall–Kier alpha value is -2.60. The number of benzene rings is 1. The predicted molar refractivity (Wildman–Crippen MR) is 114 cm³/mol. The molecule has 0 spiro atoms. The average molecular weight is 395 g/mol. The van der Waals surface area contributed by atoms with E-state index >= 15 is 0 Å². The van der Waals surface area contributed by atoms with Crippen LogP contribution in [0.5, 0.6) is 0 Å². The van der Waals surface area contributed by atoms with Crippen molar-refractivity contribution in [3.8, 4) is 21.7 Å². The zero-order valence-electron chi connectivity index (χ0n) is 16.5. The van der Waals surface area contributed by atoms with Crippen molar-refractivity contribution in [3.63, 3.8) is 0 Å². The number of nitrogens with one attached hydrogen (secondary N) is 2. The molecular weight excluding hydrogens is 368 g/mol. The summed E-state index contributed by atoms with van der Waals surface area (Å²) in [6.45, 7) is 6.76. The summed E-state index contributed by atoms with van der Waals surface area (Å²) in [6, 6.07) is 12.7. The van der Waals surface area contributed by atoms with Gasteiger partial charge in [-0.2, -0.15) is 0 Å². The van der Waals surface area contributed by atoms with E-state index in [1.165, 1.54) is 10.4 Å². The highest BCUT2D eigenvalue weighted by Crippen LogP contribution is 2.32. The Kier molecular flexibility index (Phi) is 4.98. The second-order valence-corrected chi connectivity index (χ2v) is 9.22. The number of hydrogen-bond acceptors (Lipinski definition) is 3. The minimum Gasteiger partial charge on any atom is -0.340 e. The fraction of sp³-hybridized carbons (Fsp3) is 0.364. The van der Waals surface area contributed by atoms with E-state index in [2.05, 4.69) is 57.1 Å². The van der Waals surface area contributed by atoms with Crippen molar-refractivity contribution in [1.29, 1.82) is 0 Å². The lowest BCUT2D eigenvalue weighted by Crippen LogP contribution is -2.48. The molecule has 1 saturated heterocycles. The van der Waals surface area contributed by atoms with Crippen molar-refractivity contribution in [2.24, 2.45) is 0 Å². The molecule has 28 heavy (non-hydrogen) atoms. The van der Waals surface area contributed by atoms with Crippen LogP contribution in [0.3, 0.4) is 0 Å². The van der Waals surface area contributed by atoms with Crippen LogP contribution in [0.15, 0.2) is 48.0 Å². The molecule has 146 valence electrons. The number of aromatic nitrogens is 2. The fourth-order valence-corrected chi connectivity index (χ4v) is 4.33. The maximum absolute atomic E-state index is 12.6. The highest BCUT2D eigenvalue weighted by molar-refractivity contribution is 7.13. The van der Waals surface area contributed by atoms with Gasteiger partial charge in [0.05, 0.1) is 17.9 Å². The molecule has 1 aliphatic heterocycles. The van der Waals surface area contributed by atoms with Gasteiger partial charge < -0.3 is 15.2 Å². The topological polar surface area (TPSA) is 61.0 Å². The van der Waals surface area contributed by atoms with Crippen molar-refractivity contribution in [1.82, 2.24) is 20.2 Å². The molecule has 4 rings (SSSR count). The number of amides is 2. The Balaban J connectivity index is 1.51. The molecule has 1 fully saturated rings. The van der Waals surface area contributed by atoms with Crippen LogP contribution >= 0.6 is 11.3 Å². The standard InChI is InChI=1S/C22H26N4OS/c1-22(2,3)25-21(27)26-12-4-6-18(26)20-23-14-17(24-20)15-8-10-16(11-9-15)19-7-5-13-28-19/h5,7-11,13-14,18H,4,6,12H2,1-3H3,(H,23,24)(H,25,27). The average Bonchev–Trinajstić information content (AvgIpc) is 3.40. The summed E-state index contributed by atoms with van der Waals surface area (Å²) >= 11 is 1.74. The largest absolute Gasteiger partial charge is 0.340 e. The van der Waals surface area contributed by atoms with Crippen LogP contribution in [-0.2, 0) is 0 Å². The fourth-order valence-electron chi connectivity index (χ4n) is 3.60. The van der Waals surface area contributed by atoms with E-state index in [0.717, 1.165) is 36.5 Å². The molecule has 1 atom stereocenters. The summed E-state index contributed by atoms with van der Waals surface area (Å²) in [5.74, 6) is 0.860. The van der Waals surface area contributed by atoms with Gasteiger partial charge in [0, 0.05) is 17.0 Å². The Morgan fingerprint density at radius 1 is 1.21 bits per heavy atom. The second-order valence-electron chi connectivity index (χ2n) is 8.27. The first-order valence-corrected chi connectivity index (χ1v) is 10.6. The molecule has 2 N–H and O–H groups in total. The first kappa shape index (κ1) is 18.7. The molecule has 2 aromatic heterocycles. The highest BCUT2D eigenvalue weighted by Gasteiger charge is 2.33. The maximum atomic E-state index is 12.6. The van der Waals surface area contributed by atoms with E-state index in [9.17, 15) is 4.79 Å². The molecule has 1 aliphatic rings. The first-order valence-electron chi connectivity index (χ1n) is 9.69. The van der Waals surface area contributed by atoms with Crippen LogP contribution in [0.4, 0.5) is 4.79 Å². The first-order chi connectivity index (χ1) is 13.4. The van der Waals surface area contributed by atoms with Crippen LogP contribution in [-0.4, -0.2) is 33.0 Å². The van der Waals surface area contributed by atoms with Crippen LogP contribution < -0.4 is 5.32 Å². The number of H-pyrrole nitrogens is 1. The zero-order chi connectivity index (χ0) is 19.7. The number of rotatable bonds is 3. The highest BCUT2D eigenvalue weighted by atomic mass is 32.1. The van der Waals surface area contributed by atoms with Gasteiger partial charge in [0.25, 0.3) is 0 Å². The normalized spacial score (nSPS) is 17.1. The van der Waals surface area contributed by atoms with Crippen LogP contribution in [0, 0.1) is 0 Å². The molecule has 6 heteroatoms. The van der Waals surface area contributed by atoms with Gasteiger partial charge in [0.2, 0.25) is 0 Å². The number of urea groups is 1. The van der Waals surface area contributed by atoms with Gasteiger partial charge in [-0.15, -0.1) is 11.3 Å². The number of carbonyl (C=O) groups excluding carboxylic acids is 1. The Bertz CT molecular complexity index is 938. The van der Waals surface area contributed by atoms with Crippen molar-refractivity contribution < 1.29 is 4.79 Å². The lowest BCUT2D eigenvalue weighted by Gasteiger charge is -2.28. The number of aromatic amines is 1. The summed E-state index contributed by atoms with van der Waals surface area (Å²) < 4.78 is 0. The minimum atomic E-state index is -0.247. The Morgan fingerprint density at radius 3 is 2.64 bits per heavy atom. The molecule has 2 amide bonds. The number of imidazole rings is 1. The van der Waals surface area contributed by atoms with Gasteiger partial charge in [-0.1, -0.05) is 30.3 Å². The Morgan fingerprint density at radius 2 is 1.96 bits per heavy atom. The van der Waals surface area contributed by atoms with Crippen LogP contribution in [0.2, 0.25) is 0 Å². The van der Waals surface area contributed by atoms with E-state index in [1.54, 1.807) is 11.3 Å². The maximum Gasteiger partial charge on any atom is 0.318 e. The molecule has 0 radical (unpaired) electrons. The number of thiophene rings is 1. The summed E-state index contributed by atoms with van der Waals surface area (Å²) in [6.07, 6.45) is 3.79. The minimum absolute atomic E-state index is 0.00138. The summed E-state index contributed by atoms with van der Waals surface area (Å²) in [4.78, 5) is 23.9. The third-order valence-electron chi connectivity index (χ3n) is 4.91. The van der Waals surface area contributed by atoms with Crippen molar-refractivity contribution in [2.75, 3.05) is 6.54 Å². The third kappa shape index (κ3) is 3.97. The predicted octanol–water partition coefficient (Wildman–Crippen LogP) is 5.45. The van der Waals surface area contributed by atoms with E-state index in [0.29, 0.717) is 0 Å². The van der Waals surface area contributed by atoms with Crippen LogP contribution in [0.25, 0.3) is 21.7 Å². The lowest BCUT2D eigenvalue weighted by molar-refractivity contribution is 0.182. The molecule has 1 aromatic carbocycles. The number of nitrogens with zero attached hydrogens (tertiary/aromatic N) is 2. The van der Waals surface area contributed by atoms with Gasteiger partial charge in [0.15, 0.2) is 0 Å². The number of likely N-dealkylation sites (tertiary alicyclic amines) is 1. The van der Waals surface area contributed by atoms with Crippen molar-refractivity contribution >= 4 is 17.4 Å². The number of hydrogen-bond donors (Lipinski definition) is 2. The van der Waals surface area contributed by atoms with Gasteiger partial charge in [0.1, 0.15) is 5.82 Å². The molecule has 0 aliphatic carbocycles. The smallest absolute Gasteiger partial charge is 0.318 e. The molecular formula is C22H26N4OS. The van der Waals surface area contributed by atoms with Gasteiger partial charge in [-0.25, -0.2) is 9.78 Å². The van der Waals surface area contributed by atoms with Crippen LogP contribution in [0.1, 0.15) is 45.5 Å². The van der Waals surface area contributed by atoms with E-state index in [-0.39, 0.29) is 17.6 Å². The third-order valence-corrected chi connectivity index (χ3v) is 5.83. The van der Waals surface area contributed by atoms with E-state index < -0.39 is 0 Å². The van der Waals surface area contributed by atoms with Gasteiger partial charge >= 0.3 is 6.03 Å². The quantitative estimate of drug-likeness (QED) is 0.620. The van der Waals surface area contributed by atoms with E-state index in [1.807, 2.05) is 31.9 Å². The van der Waals surface area contributed by atoms with E-state index in [4.69, 9.17) is 0 Å². The molecule has 1 unspecified atom stereocenters. The summed E-state index contributed by atoms with van der Waals surface area (Å²) in [5, 5.41) is 5.16. The van der Waals surface area contributed by atoms with Crippen molar-refractivity contribution in [2.45, 2.75) is 45.2 Å². The van der Waals surface area contributed by atoms with Crippen molar-refractivity contribution in [3.05, 3.63) is 53.8 Å². The molecule has 3 aromatic rings. The zero-order valence-corrected chi connectivity index (χ0v) is 17.3. The Labute approximate surface area is 169 Å². The summed E-state index contributed by atoms with van der Waals surface area (Å²) in [5.41, 5.74) is 3.06. The lowest BCUT2D eigenvalue weighted by atomic mass is 10.1. The number of carbonyl (C=O) groups is 1. The molecule has 0 bridgehead atoms. The second kappa shape index (κ2) is 7.43. The monoisotopic (exact) mass is 394 g/mol. The molecule has 3 heterocycles. The SMILES string of the molecule is CC(C)(C)NC(=O)N1CCCC1c1ncc(-c2ccc(-c3cccs3)cc2)[nH]1. The van der Waals surface area contributed by atoms with Gasteiger partial charge in [-0.3, -0.25) is 0 Å². The molecule has 0 saturated carbocycles. The van der Waals surface area contributed by atoms with Gasteiger partial charge in [-0.05, 0) is 56.2 Å². The molecule has 5 nitrogen and oxygen atoms in total. The summed E-state index contributed by atoms with van der Waals surface area (Å²) in [7, 11) is 0.